The first-order valence-electron chi connectivity index (χ1n) is 8.35. The molecule has 0 aliphatic carbocycles. The first kappa shape index (κ1) is 15.3. The van der Waals surface area contributed by atoms with Gasteiger partial charge in [-0.1, -0.05) is 48.5 Å². The monoisotopic (exact) mass is 327 g/mol. The van der Waals surface area contributed by atoms with Crippen LogP contribution in [-0.2, 0) is 6.54 Å². The summed E-state index contributed by atoms with van der Waals surface area (Å²) in [6.45, 7) is 2.77. The van der Waals surface area contributed by atoms with E-state index in [-0.39, 0.29) is 11.2 Å². The van der Waals surface area contributed by atoms with Crippen molar-refractivity contribution < 1.29 is 4.79 Å². The molecule has 4 rings (SSSR count). The number of ketones is 1. The molecule has 4 aromatic rings. The second-order valence-electron chi connectivity index (χ2n) is 6.02. The third-order valence-electron chi connectivity index (χ3n) is 4.59. The van der Waals surface area contributed by atoms with Crippen molar-refractivity contribution in [1.29, 1.82) is 0 Å². The van der Waals surface area contributed by atoms with Gasteiger partial charge < -0.3 is 4.57 Å². The van der Waals surface area contributed by atoms with E-state index >= 15 is 0 Å². The summed E-state index contributed by atoms with van der Waals surface area (Å²) in [5, 5.41) is 1.35. The number of para-hydroxylation sites is 1. The predicted molar refractivity (Wildman–Crippen MR) is 101 cm³/mol. The lowest BCUT2D eigenvalue weighted by atomic mass is 10.0. The minimum absolute atomic E-state index is 0.00834. The maximum absolute atomic E-state index is 12.8. The van der Waals surface area contributed by atoms with E-state index in [0.29, 0.717) is 21.9 Å². The SMILES string of the molecule is CCn1c2ccccc2c(=O)c2ccc(C(=O)c3ccccc3)cc21. The average Bonchev–Trinajstić information content (AvgIpc) is 2.68. The van der Waals surface area contributed by atoms with Gasteiger partial charge in [0.1, 0.15) is 0 Å². The van der Waals surface area contributed by atoms with E-state index in [1.165, 1.54) is 0 Å². The van der Waals surface area contributed by atoms with Crippen molar-refractivity contribution in [3.63, 3.8) is 0 Å². The number of hydrogen-bond acceptors (Lipinski definition) is 2. The van der Waals surface area contributed by atoms with Crippen LogP contribution in [0.15, 0.2) is 77.6 Å². The van der Waals surface area contributed by atoms with Crippen LogP contribution in [0.5, 0.6) is 0 Å². The highest BCUT2D eigenvalue weighted by atomic mass is 16.1. The average molecular weight is 327 g/mol. The van der Waals surface area contributed by atoms with Crippen molar-refractivity contribution in [1.82, 2.24) is 4.57 Å². The molecule has 3 nitrogen and oxygen atoms in total. The van der Waals surface area contributed by atoms with Gasteiger partial charge in [0.25, 0.3) is 0 Å². The summed E-state index contributed by atoms with van der Waals surface area (Å²) in [5.41, 5.74) is 2.94. The van der Waals surface area contributed by atoms with Gasteiger partial charge in [-0.3, -0.25) is 9.59 Å². The molecular formula is C22H17NO2. The lowest BCUT2D eigenvalue weighted by Gasteiger charge is -2.14. The van der Waals surface area contributed by atoms with Gasteiger partial charge >= 0.3 is 0 Å². The lowest BCUT2D eigenvalue weighted by Crippen LogP contribution is -2.12. The maximum atomic E-state index is 12.8. The Morgan fingerprint density at radius 1 is 0.800 bits per heavy atom. The van der Waals surface area contributed by atoms with Crippen LogP contribution in [0.25, 0.3) is 21.8 Å². The van der Waals surface area contributed by atoms with Crippen LogP contribution in [0.2, 0.25) is 0 Å². The molecule has 122 valence electrons. The maximum Gasteiger partial charge on any atom is 0.197 e. The highest BCUT2D eigenvalue weighted by molar-refractivity contribution is 6.10. The Hall–Kier alpha value is -3.20. The normalized spacial score (nSPS) is 11.1. The number of aromatic nitrogens is 1. The highest BCUT2D eigenvalue weighted by Gasteiger charge is 2.14. The van der Waals surface area contributed by atoms with Crippen LogP contribution in [0.1, 0.15) is 22.8 Å². The molecule has 0 amide bonds. The molecule has 3 heteroatoms. The van der Waals surface area contributed by atoms with E-state index in [9.17, 15) is 9.59 Å². The van der Waals surface area contributed by atoms with E-state index in [4.69, 9.17) is 0 Å². The van der Waals surface area contributed by atoms with Crippen LogP contribution in [0.4, 0.5) is 0 Å². The number of fused-ring (bicyclic) bond motifs is 2. The van der Waals surface area contributed by atoms with Gasteiger partial charge in [-0.15, -0.1) is 0 Å². The summed E-state index contributed by atoms with van der Waals surface area (Å²) < 4.78 is 2.09. The Kier molecular flexibility index (Phi) is 3.69. The van der Waals surface area contributed by atoms with Crippen LogP contribution >= 0.6 is 0 Å². The second kappa shape index (κ2) is 6.02. The van der Waals surface area contributed by atoms with Gasteiger partial charge in [-0.25, -0.2) is 0 Å². The number of carbonyl (C=O) groups excluding carboxylic acids is 1. The fourth-order valence-electron chi connectivity index (χ4n) is 3.36. The Labute approximate surface area is 145 Å². The molecule has 0 radical (unpaired) electrons. The molecule has 0 fully saturated rings. The van der Waals surface area contributed by atoms with Gasteiger partial charge in [-0.05, 0) is 31.2 Å². The molecule has 1 aromatic heterocycles. The predicted octanol–water partition coefficient (Wildman–Crippen LogP) is 4.41. The Bertz CT molecular complexity index is 1160. The van der Waals surface area contributed by atoms with Crippen molar-refractivity contribution in [2.24, 2.45) is 0 Å². The molecule has 0 spiro atoms. The van der Waals surface area contributed by atoms with E-state index in [2.05, 4.69) is 4.57 Å². The summed E-state index contributed by atoms with van der Waals surface area (Å²) in [5.74, 6) is -0.0363. The van der Waals surface area contributed by atoms with Gasteiger partial charge in [0, 0.05) is 28.4 Å². The molecule has 0 saturated heterocycles. The zero-order chi connectivity index (χ0) is 17.4. The molecule has 1 heterocycles. The number of aryl methyl sites for hydroxylation is 1. The summed E-state index contributed by atoms with van der Waals surface area (Å²) in [6, 6.07) is 22.2. The van der Waals surface area contributed by atoms with Crippen molar-refractivity contribution in [2.45, 2.75) is 13.5 Å². The molecule has 0 unspecified atom stereocenters. The highest BCUT2D eigenvalue weighted by Crippen LogP contribution is 2.21. The third kappa shape index (κ3) is 2.45. The fraction of sp³-hybridized carbons (Fsp3) is 0.0909. The fourth-order valence-corrected chi connectivity index (χ4v) is 3.36. The number of nitrogens with zero attached hydrogens (tertiary/aromatic N) is 1. The van der Waals surface area contributed by atoms with Crippen LogP contribution in [0.3, 0.4) is 0 Å². The number of hydrogen-bond donors (Lipinski definition) is 0. The van der Waals surface area contributed by atoms with Gasteiger partial charge in [0.15, 0.2) is 11.2 Å². The first-order chi connectivity index (χ1) is 12.2. The molecular weight excluding hydrogens is 310 g/mol. The van der Waals surface area contributed by atoms with Crippen LogP contribution in [-0.4, -0.2) is 10.4 Å². The number of benzene rings is 3. The van der Waals surface area contributed by atoms with E-state index in [1.54, 1.807) is 24.3 Å². The standard InChI is InChI=1S/C22H17NO2/c1-2-23-19-11-7-6-10-17(19)22(25)18-13-12-16(14-20(18)23)21(24)15-8-4-3-5-9-15/h3-14H,2H2,1H3. The Morgan fingerprint density at radius 3 is 2.24 bits per heavy atom. The third-order valence-corrected chi connectivity index (χ3v) is 4.59. The topological polar surface area (TPSA) is 39.1 Å². The summed E-state index contributed by atoms with van der Waals surface area (Å²) in [7, 11) is 0. The molecule has 3 aromatic carbocycles. The van der Waals surface area contributed by atoms with E-state index in [0.717, 1.165) is 17.6 Å². The van der Waals surface area contributed by atoms with Crippen LogP contribution < -0.4 is 5.43 Å². The summed E-state index contributed by atoms with van der Waals surface area (Å²) >= 11 is 0. The largest absolute Gasteiger partial charge is 0.341 e. The van der Waals surface area contributed by atoms with E-state index in [1.807, 2.05) is 55.5 Å². The van der Waals surface area contributed by atoms with Crippen molar-refractivity contribution in [3.8, 4) is 0 Å². The lowest BCUT2D eigenvalue weighted by molar-refractivity contribution is 0.103. The number of carbonyl (C=O) groups is 1. The molecule has 0 aliphatic heterocycles. The Morgan fingerprint density at radius 2 is 1.48 bits per heavy atom. The van der Waals surface area contributed by atoms with Gasteiger partial charge in [0.2, 0.25) is 0 Å². The summed E-state index contributed by atoms with van der Waals surface area (Å²) in [6.07, 6.45) is 0. The molecule has 25 heavy (non-hydrogen) atoms. The van der Waals surface area contributed by atoms with Crippen molar-refractivity contribution in [3.05, 3.63) is 94.1 Å². The quantitative estimate of drug-likeness (QED) is 0.413. The molecule has 0 aliphatic rings. The zero-order valence-corrected chi connectivity index (χ0v) is 13.9. The molecule has 0 N–H and O–H groups in total. The van der Waals surface area contributed by atoms with Crippen LogP contribution in [0, 0.1) is 0 Å². The van der Waals surface area contributed by atoms with Gasteiger partial charge in [0.05, 0.1) is 11.0 Å². The Balaban J connectivity index is 2.01. The molecule has 0 saturated carbocycles. The van der Waals surface area contributed by atoms with Crippen molar-refractivity contribution in [2.75, 3.05) is 0 Å². The number of pyridine rings is 1. The second-order valence-corrected chi connectivity index (χ2v) is 6.02. The first-order valence-corrected chi connectivity index (χ1v) is 8.35. The summed E-state index contributed by atoms with van der Waals surface area (Å²) in [4.78, 5) is 25.6. The number of rotatable bonds is 3. The minimum atomic E-state index is -0.0363. The van der Waals surface area contributed by atoms with Crippen molar-refractivity contribution >= 4 is 27.6 Å². The minimum Gasteiger partial charge on any atom is -0.341 e. The zero-order valence-electron chi connectivity index (χ0n) is 13.9. The van der Waals surface area contributed by atoms with E-state index < -0.39 is 0 Å². The molecule has 0 bridgehead atoms. The van der Waals surface area contributed by atoms with Gasteiger partial charge in [-0.2, -0.15) is 0 Å². The smallest absolute Gasteiger partial charge is 0.197 e. The molecule has 0 atom stereocenters.